The molecule has 0 bridgehead atoms. The molecule has 1 saturated carbocycles. The molecule has 0 saturated heterocycles. The maximum atomic E-state index is 6.09. The molecule has 5 nitrogen and oxygen atoms in total. The molecule has 0 unspecified atom stereocenters. The quantitative estimate of drug-likeness (QED) is 0.471. The fourth-order valence-corrected chi connectivity index (χ4v) is 4.86. The van der Waals surface area contributed by atoms with Crippen molar-refractivity contribution < 1.29 is 0 Å². The zero-order chi connectivity index (χ0) is 21.8. The average Bonchev–Trinajstić information content (AvgIpc) is 2.73. The number of aromatic nitrogens is 2. The Morgan fingerprint density at radius 2 is 1.68 bits per heavy atom. The van der Waals surface area contributed by atoms with Crippen LogP contribution >= 0.6 is 23.2 Å². The summed E-state index contributed by atoms with van der Waals surface area (Å²) in [7, 11) is 4.04. The molecule has 1 fully saturated rings. The van der Waals surface area contributed by atoms with Crippen molar-refractivity contribution >= 4 is 45.9 Å². The Labute approximate surface area is 194 Å². The van der Waals surface area contributed by atoms with Crippen molar-refractivity contribution in [3.63, 3.8) is 0 Å². The van der Waals surface area contributed by atoms with Crippen LogP contribution in [-0.2, 0) is 6.54 Å². The summed E-state index contributed by atoms with van der Waals surface area (Å²) >= 11 is 12.2. The predicted molar refractivity (Wildman–Crippen MR) is 131 cm³/mol. The van der Waals surface area contributed by atoms with Gasteiger partial charge in [0.2, 0.25) is 5.95 Å². The molecule has 0 spiro atoms. The van der Waals surface area contributed by atoms with E-state index in [1.54, 1.807) is 6.07 Å². The molecule has 1 heterocycles. The van der Waals surface area contributed by atoms with E-state index in [4.69, 9.17) is 33.2 Å². The standard InChI is InChI=1S/C24H29Cl2N5/c1-31(2)23-21-5-3-4-6-22(21)29-24(30-23)28-20-9-7-16(8-10-20)14-27-15-17-11-18(25)13-19(26)12-17/h3-6,11-13,16,20,27H,7-10,14-15H2,1-2H3,(H,28,29,30). The maximum Gasteiger partial charge on any atom is 0.225 e. The Hall–Kier alpha value is -2.08. The van der Waals surface area contributed by atoms with E-state index >= 15 is 0 Å². The van der Waals surface area contributed by atoms with Crippen LogP contribution in [0.25, 0.3) is 10.9 Å². The van der Waals surface area contributed by atoms with E-state index in [0.717, 1.165) is 54.2 Å². The third-order valence-electron chi connectivity index (χ3n) is 5.87. The summed E-state index contributed by atoms with van der Waals surface area (Å²) in [6, 6.07) is 14.3. The van der Waals surface area contributed by atoms with E-state index in [0.29, 0.717) is 22.0 Å². The van der Waals surface area contributed by atoms with E-state index in [2.05, 4.69) is 16.7 Å². The Kier molecular flexibility index (Phi) is 7.16. The van der Waals surface area contributed by atoms with Crippen LogP contribution in [0.3, 0.4) is 0 Å². The maximum absolute atomic E-state index is 6.09. The predicted octanol–water partition coefficient (Wildman–Crippen LogP) is 5.76. The van der Waals surface area contributed by atoms with Gasteiger partial charge < -0.3 is 15.5 Å². The first-order valence-electron chi connectivity index (χ1n) is 10.8. The molecular weight excluding hydrogens is 429 g/mol. The number of anilines is 2. The van der Waals surface area contributed by atoms with Crippen molar-refractivity contribution in [2.75, 3.05) is 30.9 Å². The second-order valence-corrected chi connectivity index (χ2v) is 9.43. The first kappa shape index (κ1) is 22.1. The van der Waals surface area contributed by atoms with Gasteiger partial charge in [0.25, 0.3) is 0 Å². The lowest BCUT2D eigenvalue weighted by atomic mass is 9.86. The second kappa shape index (κ2) is 10.0. The van der Waals surface area contributed by atoms with Gasteiger partial charge in [0.1, 0.15) is 5.82 Å². The van der Waals surface area contributed by atoms with E-state index in [1.165, 1.54) is 12.8 Å². The van der Waals surface area contributed by atoms with Gasteiger partial charge in [-0.2, -0.15) is 4.98 Å². The van der Waals surface area contributed by atoms with Crippen molar-refractivity contribution in [2.45, 2.75) is 38.3 Å². The third-order valence-corrected chi connectivity index (χ3v) is 6.31. The molecule has 2 aromatic carbocycles. The number of benzene rings is 2. The Morgan fingerprint density at radius 1 is 0.968 bits per heavy atom. The normalized spacial score (nSPS) is 18.8. The summed E-state index contributed by atoms with van der Waals surface area (Å²) in [5.41, 5.74) is 2.10. The van der Waals surface area contributed by atoms with Crippen LogP contribution in [0, 0.1) is 5.92 Å². The van der Waals surface area contributed by atoms with Crippen molar-refractivity contribution in [3.8, 4) is 0 Å². The first-order chi connectivity index (χ1) is 15.0. The fourth-order valence-electron chi connectivity index (χ4n) is 4.29. The number of hydrogen-bond donors (Lipinski definition) is 2. The van der Waals surface area contributed by atoms with Gasteiger partial charge in [-0.1, -0.05) is 35.3 Å². The Bertz CT molecular complexity index is 1010. The smallest absolute Gasteiger partial charge is 0.225 e. The van der Waals surface area contributed by atoms with Crippen molar-refractivity contribution in [2.24, 2.45) is 5.92 Å². The number of nitrogens with zero attached hydrogens (tertiary/aromatic N) is 3. The van der Waals surface area contributed by atoms with Crippen LogP contribution in [-0.4, -0.2) is 36.6 Å². The fraction of sp³-hybridized carbons (Fsp3) is 0.417. The Morgan fingerprint density at radius 3 is 2.39 bits per heavy atom. The molecule has 1 aliphatic rings. The molecule has 31 heavy (non-hydrogen) atoms. The first-order valence-corrected chi connectivity index (χ1v) is 11.6. The van der Waals surface area contributed by atoms with Crippen LogP contribution in [0.4, 0.5) is 11.8 Å². The lowest BCUT2D eigenvalue weighted by Gasteiger charge is -2.29. The molecule has 7 heteroatoms. The lowest BCUT2D eigenvalue weighted by molar-refractivity contribution is 0.324. The SMILES string of the molecule is CN(C)c1nc(NC2CCC(CNCc3cc(Cl)cc(Cl)c3)CC2)nc2ccccc12. The van der Waals surface area contributed by atoms with Crippen LogP contribution < -0.4 is 15.5 Å². The number of fused-ring (bicyclic) bond motifs is 1. The van der Waals surface area contributed by atoms with Gasteiger partial charge >= 0.3 is 0 Å². The summed E-state index contributed by atoms with van der Waals surface area (Å²) in [5.74, 6) is 2.36. The molecule has 0 amide bonds. The summed E-state index contributed by atoms with van der Waals surface area (Å²) in [5, 5.41) is 9.59. The van der Waals surface area contributed by atoms with E-state index in [9.17, 15) is 0 Å². The minimum atomic E-state index is 0.416. The van der Waals surface area contributed by atoms with Crippen molar-refractivity contribution in [1.82, 2.24) is 15.3 Å². The van der Waals surface area contributed by atoms with E-state index in [1.807, 2.05) is 49.3 Å². The van der Waals surface area contributed by atoms with Crippen molar-refractivity contribution in [1.29, 1.82) is 0 Å². The summed E-state index contributed by atoms with van der Waals surface area (Å²) < 4.78 is 0. The van der Waals surface area contributed by atoms with Gasteiger partial charge in [-0.15, -0.1) is 0 Å². The average molecular weight is 458 g/mol. The molecule has 1 aliphatic carbocycles. The van der Waals surface area contributed by atoms with Gasteiger partial charge in [-0.05, 0) is 74.0 Å². The van der Waals surface area contributed by atoms with Crippen LogP contribution in [0.2, 0.25) is 10.0 Å². The van der Waals surface area contributed by atoms with E-state index in [-0.39, 0.29) is 0 Å². The van der Waals surface area contributed by atoms with Crippen LogP contribution in [0.15, 0.2) is 42.5 Å². The molecule has 164 valence electrons. The summed E-state index contributed by atoms with van der Waals surface area (Å²) in [6.45, 7) is 1.80. The largest absolute Gasteiger partial charge is 0.362 e. The third kappa shape index (κ3) is 5.79. The summed E-state index contributed by atoms with van der Waals surface area (Å²) in [6.07, 6.45) is 4.63. The molecule has 2 N–H and O–H groups in total. The molecular formula is C24H29Cl2N5. The van der Waals surface area contributed by atoms with Gasteiger partial charge in [-0.25, -0.2) is 4.98 Å². The number of halogens is 2. The number of para-hydroxylation sites is 1. The van der Waals surface area contributed by atoms with Gasteiger partial charge in [0.05, 0.1) is 5.52 Å². The monoisotopic (exact) mass is 457 g/mol. The number of rotatable bonds is 7. The molecule has 0 aliphatic heterocycles. The highest BCUT2D eigenvalue weighted by atomic mass is 35.5. The lowest BCUT2D eigenvalue weighted by Crippen LogP contribution is -2.31. The molecule has 0 radical (unpaired) electrons. The Balaban J connectivity index is 1.29. The zero-order valence-corrected chi connectivity index (χ0v) is 19.5. The highest BCUT2D eigenvalue weighted by Gasteiger charge is 2.22. The van der Waals surface area contributed by atoms with E-state index < -0.39 is 0 Å². The minimum Gasteiger partial charge on any atom is -0.362 e. The highest BCUT2D eigenvalue weighted by Crippen LogP contribution is 2.28. The topological polar surface area (TPSA) is 53.1 Å². The molecule has 1 aromatic heterocycles. The van der Waals surface area contributed by atoms with Crippen LogP contribution in [0.1, 0.15) is 31.2 Å². The van der Waals surface area contributed by atoms with Crippen molar-refractivity contribution in [3.05, 3.63) is 58.1 Å². The molecule has 4 rings (SSSR count). The van der Waals surface area contributed by atoms with Gasteiger partial charge in [0, 0.05) is 42.1 Å². The van der Waals surface area contributed by atoms with Gasteiger partial charge in [-0.3, -0.25) is 0 Å². The zero-order valence-electron chi connectivity index (χ0n) is 18.0. The minimum absolute atomic E-state index is 0.416. The number of nitrogens with one attached hydrogen (secondary N) is 2. The molecule has 0 atom stereocenters. The summed E-state index contributed by atoms with van der Waals surface area (Å²) in [4.78, 5) is 11.6. The van der Waals surface area contributed by atoms with Crippen LogP contribution in [0.5, 0.6) is 0 Å². The van der Waals surface area contributed by atoms with Gasteiger partial charge in [0.15, 0.2) is 0 Å². The number of hydrogen-bond acceptors (Lipinski definition) is 5. The second-order valence-electron chi connectivity index (χ2n) is 8.55. The molecule has 3 aromatic rings. The highest BCUT2D eigenvalue weighted by molar-refractivity contribution is 6.34.